The van der Waals surface area contributed by atoms with E-state index >= 15 is 0 Å². The molecule has 0 fully saturated rings. The Morgan fingerprint density at radius 3 is 2.90 bits per heavy atom. The predicted octanol–water partition coefficient (Wildman–Crippen LogP) is 1.95. The minimum Gasteiger partial charge on any atom is -0.345 e. The van der Waals surface area contributed by atoms with Crippen molar-refractivity contribution in [3.05, 3.63) is 24.3 Å². The van der Waals surface area contributed by atoms with Crippen LogP contribution in [0.25, 0.3) is 0 Å². The monoisotopic (exact) mass is 169 g/mol. The molecule has 0 aromatic heterocycles. The van der Waals surface area contributed by atoms with Gasteiger partial charge in [0.25, 0.3) is 0 Å². The van der Waals surface area contributed by atoms with Gasteiger partial charge in [0, 0.05) is 4.90 Å². The Hall–Kier alpha value is -0.410. The molecule has 0 saturated carbocycles. The van der Waals surface area contributed by atoms with Crippen molar-refractivity contribution < 1.29 is 0 Å². The fraction of sp³-hybridized carbons (Fsp3) is 0. The third-order valence-electron chi connectivity index (χ3n) is 1.38. The maximum atomic E-state index is 4.23. The molecule has 0 aliphatic carbocycles. The molecular weight excluding hydrogens is 162 g/mol. The van der Waals surface area contributed by atoms with Gasteiger partial charge in [-0.15, -0.1) is 24.0 Å². The lowest BCUT2D eigenvalue weighted by molar-refractivity contribution is 1.48. The summed E-state index contributed by atoms with van der Waals surface area (Å²) >= 11 is 5.42. The van der Waals surface area contributed by atoms with Crippen molar-refractivity contribution in [1.29, 1.82) is 0 Å². The zero-order valence-electron chi connectivity index (χ0n) is 5.20. The quantitative estimate of drug-likeness (QED) is 0.398. The summed E-state index contributed by atoms with van der Waals surface area (Å²) in [5.41, 5.74) is 1.19. The van der Waals surface area contributed by atoms with Crippen molar-refractivity contribution in [2.45, 2.75) is 4.90 Å². The highest BCUT2D eigenvalue weighted by atomic mass is 32.2. The predicted molar refractivity (Wildman–Crippen MR) is 51.3 cm³/mol. The number of nitrogens with one attached hydrogen (secondary N) is 1. The van der Waals surface area contributed by atoms with Gasteiger partial charge in [-0.05, 0) is 12.1 Å². The third-order valence-corrected chi connectivity index (χ3v) is 2.74. The fourth-order valence-corrected chi connectivity index (χ4v) is 2.20. The van der Waals surface area contributed by atoms with Gasteiger partial charge in [0.1, 0.15) is 0 Å². The SMILES string of the molecule is SC1=[SH]c2ccccc2N1. The second-order valence-electron chi connectivity index (χ2n) is 2.08. The molecule has 1 aromatic carbocycles. The van der Waals surface area contributed by atoms with Crippen molar-refractivity contribution in [2.75, 3.05) is 5.32 Å². The Morgan fingerprint density at radius 1 is 1.30 bits per heavy atom. The van der Waals surface area contributed by atoms with Crippen molar-refractivity contribution >= 4 is 34.0 Å². The highest BCUT2D eigenvalue weighted by Gasteiger charge is 2.05. The molecule has 1 aromatic rings. The molecule has 0 bridgehead atoms. The van der Waals surface area contributed by atoms with Crippen LogP contribution in [-0.2, 0) is 0 Å². The summed E-state index contributed by atoms with van der Waals surface area (Å²) in [6, 6.07) is 8.23. The van der Waals surface area contributed by atoms with Crippen LogP contribution in [0.1, 0.15) is 0 Å². The Kier molecular flexibility index (Phi) is 1.47. The van der Waals surface area contributed by atoms with Gasteiger partial charge >= 0.3 is 0 Å². The first-order valence-electron chi connectivity index (χ1n) is 3.00. The van der Waals surface area contributed by atoms with Crippen LogP contribution in [0.5, 0.6) is 0 Å². The summed E-state index contributed by atoms with van der Waals surface area (Å²) in [4.78, 5) is 1.31. The van der Waals surface area contributed by atoms with E-state index in [1.807, 2.05) is 12.1 Å². The van der Waals surface area contributed by atoms with Crippen LogP contribution in [0.2, 0.25) is 0 Å². The zero-order valence-corrected chi connectivity index (χ0v) is 6.99. The van der Waals surface area contributed by atoms with Crippen LogP contribution in [-0.4, -0.2) is 4.32 Å². The Morgan fingerprint density at radius 2 is 2.10 bits per heavy atom. The van der Waals surface area contributed by atoms with E-state index < -0.39 is 0 Å². The minimum atomic E-state index is 1.02. The van der Waals surface area contributed by atoms with Crippen LogP contribution in [0.15, 0.2) is 29.2 Å². The van der Waals surface area contributed by atoms with Crippen molar-refractivity contribution in [2.24, 2.45) is 0 Å². The molecule has 1 heterocycles. The Labute approximate surface area is 68.8 Å². The zero-order chi connectivity index (χ0) is 6.97. The lowest BCUT2D eigenvalue weighted by atomic mass is 10.3. The largest absolute Gasteiger partial charge is 0.345 e. The van der Waals surface area contributed by atoms with E-state index in [1.165, 1.54) is 21.9 Å². The highest BCUT2D eigenvalue weighted by molar-refractivity contribution is 8.18. The molecule has 1 aliphatic heterocycles. The number of para-hydroxylation sites is 1. The Bertz CT molecular complexity index is 293. The summed E-state index contributed by atoms with van der Waals surface area (Å²) < 4.78 is 1.02. The van der Waals surface area contributed by atoms with Gasteiger partial charge in [0.05, 0.1) is 10.0 Å². The number of hydrogen-bond acceptors (Lipinski definition) is 1. The average Bonchev–Trinajstić information content (AvgIpc) is 2.27. The van der Waals surface area contributed by atoms with Gasteiger partial charge in [-0.1, -0.05) is 12.1 Å². The molecule has 0 radical (unpaired) electrons. The lowest BCUT2D eigenvalue weighted by Crippen LogP contribution is -1.95. The van der Waals surface area contributed by atoms with E-state index in [4.69, 9.17) is 0 Å². The third kappa shape index (κ3) is 0.954. The van der Waals surface area contributed by atoms with E-state index in [9.17, 15) is 0 Å². The van der Waals surface area contributed by atoms with Gasteiger partial charge in [-0.3, -0.25) is 0 Å². The number of hydrogen-bond donors (Lipinski definition) is 3. The Balaban J connectivity index is 2.54. The van der Waals surface area contributed by atoms with E-state index in [0.29, 0.717) is 0 Å². The number of rotatable bonds is 0. The van der Waals surface area contributed by atoms with Gasteiger partial charge < -0.3 is 5.32 Å². The van der Waals surface area contributed by atoms with E-state index in [-0.39, 0.29) is 0 Å². The summed E-state index contributed by atoms with van der Waals surface area (Å²) in [6.07, 6.45) is 0. The van der Waals surface area contributed by atoms with E-state index in [2.05, 4.69) is 30.1 Å². The molecule has 0 saturated heterocycles. The summed E-state index contributed by atoms with van der Waals surface area (Å²) in [5, 5.41) is 3.17. The number of fused-ring (bicyclic) bond motifs is 1. The second kappa shape index (κ2) is 2.32. The smallest absolute Gasteiger partial charge is 0.0962 e. The molecule has 3 heteroatoms. The first kappa shape index (κ1) is 6.31. The maximum absolute atomic E-state index is 4.23. The molecule has 0 spiro atoms. The molecule has 1 aliphatic rings. The maximum Gasteiger partial charge on any atom is 0.0962 e. The van der Waals surface area contributed by atoms with Crippen LogP contribution in [0, 0.1) is 0 Å². The van der Waals surface area contributed by atoms with Crippen molar-refractivity contribution in [3.63, 3.8) is 0 Å². The van der Waals surface area contributed by atoms with Gasteiger partial charge in [-0.25, -0.2) is 0 Å². The molecule has 0 atom stereocenters. The fourth-order valence-electron chi connectivity index (χ4n) is 0.939. The second-order valence-corrected chi connectivity index (χ2v) is 4.03. The van der Waals surface area contributed by atoms with Crippen LogP contribution in [0.3, 0.4) is 0 Å². The van der Waals surface area contributed by atoms with Crippen molar-refractivity contribution in [1.82, 2.24) is 0 Å². The van der Waals surface area contributed by atoms with E-state index in [0.717, 1.165) is 4.32 Å². The van der Waals surface area contributed by atoms with Gasteiger partial charge in [-0.2, -0.15) is 0 Å². The molecule has 1 nitrogen and oxygen atoms in total. The summed E-state index contributed by atoms with van der Waals surface area (Å²) in [7, 11) is 0. The lowest BCUT2D eigenvalue weighted by Gasteiger charge is -1.96. The molecule has 2 rings (SSSR count). The van der Waals surface area contributed by atoms with E-state index in [1.54, 1.807) is 0 Å². The molecule has 10 heavy (non-hydrogen) atoms. The van der Waals surface area contributed by atoms with Gasteiger partial charge in [0.15, 0.2) is 0 Å². The number of benzene rings is 1. The van der Waals surface area contributed by atoms with Gasteiger partial charge in [0.2, 0.25) is 0 Å². The average molecular weight is 169 g/mol. The summed E-state index contributed by atoms with van der Waals surface area (Å²) in [6.45, 7) is 0. The number of anilines is 1. The van der Waals surface area contributed by atoms with Crippen LogP contribution < -0.4 is 5.32 Å². The normalized spacial score (nSPS) is 14.7. The first-order chi connectivity index (χ1) is 4.86. The topological polar surface area (TPSA) is 12.0 Å². The molecule has 52 valence electrons. The van der Waals surface area contributed by atoms with Crippen LogP contribution in [0.4, 0.5) is 5.69 Å². The minimum absolute atomic E-state index is 1.02. The molecule has 1 N–H and O–H groups in total. The highest BCUT2D eigenvalue weighted by Crippen LogP contribution is 2.29. The van der Waals surface area contributed by atoms with Crippen LogP contribution >= 0.6 is 24.0 Å². The van der Waals surface area contributed by atoms with Crippen molar-refractivity contribution in [3.8, 4) is 0 Å². The molecular formula is C7H7NS2. The molecule has 0 amide bonds. The first-order valence-corrected chi connectivity index (χ1v) is 4.34. The molecule has 0 unspecified atom stereocenters. The number of thiol groups is 2. The summed E-state index contributed by atoms with van der Waals surface area (Å²) in [5.74, 6) is 0. The standard InChI is InChI=1S/C7H7NS2/c9-7-8-5-3-1-2-4-6(5)10-7/h1-4,8-10H.